The molecule has 0 unspecified atom stereocenters. The number of benzene rings is 1. The number of carbonyl (C=O) groups is 3. The lowest BCUT2D eigenvalue weighted by atomic mass is 9.85. The average molecular weight is 401 g/mol. The van der Waals surface area contributed by atoms with Crippen LogP contribution in [0.1, 0.15) is 53.6 Å². The molecule has 1 aliphatic rings. The van der Waals surface area contributed by atoms with E-state index in [1.807, 2.05) is 30.3 Å². The molecule has 0 aliphatic heterocycles. The van der Waals surface area contributed by atoms with Crippen LogP contribution in [0.15, 0.2) is 30.3 Å². The van der Waals surface area contributed by atoms with Crippen LogP contribution >= 0.6 is 11.3 Å². The predicted octanol–water partition coefficient (Wildman–Crippen LogP) is 3.18. The fourth-order valence-corrected chi connectivity index (χ4v) is 4.60. The maximum atomic E-state index is 12.6. The van der Waals surface area contributed by atoms with Gasteiger partial charge in [0.2, 0.25) is 0 Å². The highest BCUT2D eigenvalue weighted by molar-refractivity contribution is 7.17. The number of hydrogen-bond donors (Lipinski definition) is 2. The Bertz CT molecular complexity index is 918. The summed E-state index contributed by atoms with van der Waals surface area (Å²) in [5, 5.41) is 3.16. The van der Waals surface area contributed by atoms with E-state index in [1.54, 1.807) is 13.8 Å². The lowest BCUT2D eigenvalue weighted by Gasteiger charge is -2.25. The summed E-state index contributed by atoms with van der Waals surface area (Å²) < 4.78 is 5.42. The summed E-state index contributed by atoms with van der Waals surface area (Å²) >= 11 is 1.37. The molecular weight excluding hydrogens is 376 g/mol. The van der Waals surface area contributed by atoms with Gasteiger partial charge in [-0.3, -0.25) is 14.4 Å². The average Bonchev–Trinajstić information content (AvgIpc) is 3.22. The van der Waals surface area contributed by atoms with Crippen LogP contribution < -0.4 is 11.1 Å². The van der Waals surface area contributed by atoms with E-state index in [1.165, 1.54) is 18.3 Å². The molecule has 0 fully saturated rings. The van der Waals surface area contributed by atoms with Gasteiger partial charge in [0, 0.05) is 4.88 Å². The molecule has 3 rings (SSSR count). The van der Waals surface area contributed by atoms with Crippen molar-refractivity contribution in [1.82, 2.24) is 0 Å². The zero-order chi connectivity index (χ0) is 20.5. The van der Waals surface area contributed by atoms with Gasteiger partial charge in [0.05, 0.1) is 11.0 Å². The number of carbonyl (C=O) groups excluding carboxylic acids is 3. The van der Waals surface area contributed by atoms with Crippen LogP contribution in [0.2, 0.25) is 0 Å². The molecule has 3 N–H and O–H groups in total. The fourth-order valence-electron chi connectivity index (χ4n) is 3.30. The second-order valence-electron chi connectivity index (χ2n) is 7.45. The van der Waals surface area contributed by atoms with E-state index in [4.69, 9.17) is 10.5 Å². The van der Waals surface area contributed by atoms with Gasteiger partial charge >= 0.3 is 5.97 Å². The van der Waals surface area contributed by atoms with Crippen molar-refractivity contribution in [2.24, 2.45) is 5.73 Å². The summed E-state index contributed by atoms with van der Waals surface area (Å²) in [4.78, 5) is 38.2. The summed E-state index contributed by atoms with van der Waals surface area (Å²) in [5.74, 6) is -1.53. The van der Waals surface area contributed by atoms with Crippen molar-refractivity contribution in [2.75, 3.05) is 5.32 Å². The number of nitrogens with one attached hydrogen (secondary N) is 1. The largest absolute Gasteiger partial charge is 0.452 e. The van der Waals surface area contributed by atoms with Crippen molar-refractivity contribution in [3.8, 4) is 0 Å². The molecule has 1 aliphatic carbocycles. The SMILES string of the molecule is C[C@@H](OC(=O)C(C)(C)c1ccccc1)C(=O)Nc1sc2c(c1C(N)=O)CCC2. The standard InChI is InChI=1S/C21H24N2O4S/c1-12(27-20(26)21(2,3)13-8-5-4-6-9-13)18(25)23-19-16(17(22)24)14-10-7-11-15(14)28-19/h4-6,8-9,12H,7,10-11H2,1-3H3,(H2,22,24)(H,23,25)/t12-/m1/s1. The van der Waals surface area contributed by atoms with Crippen LogP contribution in [0, 0.1) is 0 Å². The minimum Gasteiger partial charge on any atom is -0.452 e. The van der Waals surface area contributed by atoms with Crippen LogP contribution in [0.4, 0.5) is 5.00 Å². The van der Waals surface area contributed by atoms with Gasteiger partial charge in [-0.25, -0.2) is 0 Å². The van der Waals surface area contributed by atoms with Gasteiger partial charge in [-0.15, -0.1) is 11.3 Å². The Kier molecular flexibility index (Phi) is 5.56. The van der Waals surface area contributed by atoms with Crippen LogP contribution in [0.5, 0.6) is 0 Å². The van der Waals surface area contributed by atoms with Gasteiger partial charge < -0.3 is 15.8 Å². The first-order valence-corrected chi connectivity index (χ1v) is 10.0. The Morgan fingerprint density at radius 3 is 2.50 bits per heavy atom. The first-order valence-electron chi connectivity index (χ1n) is 9.23. The molecule has 0 radical (unpaired) electrons. The molecule has 2 amide bonds. The van der Waals surface area contributed by atoms with Crippen LogP contribution in [0.3, 0.4) is 0 Å². The van der Waals surface area contributed by atoms with Gasteiger partial charge in [0.25, 0.3) is 11.8 Å². The highest BCUT2D eigenvalue weighted by atomic mass is 32.1. The van der Waals surface area contributed by atoms with Gasteiger partial charge in [-0.2, -0.15) is 0 Å². The zero-order valence-electron chi connectivity index (χ0n) is 16.2. The predicted molar refractivity (Wildman–Crippen MR) is 109 cm³/mol. The van der Waals surface area contributed by atoms with Crippen molar-refractivity contribution in [2.45, 2.75) is 51.6 Å². The highest BCUT2D eigenvalue weighted by Gasteiger charge is 2.34. The van der Waals surface area contributed by atoms with E-state index in [-0.39, 0.29) is 0 Å². The number of hydrogen-bond acceptors (Lipinski definition) is 5. The van der Waals surface area contributed by atoms with Crippen LogP contribution in [0.25, 0.3) is 0 Å². The minimum absolute atomic E-state index is 0.383. The topological polar surface area (TPSA) is 98.5 Å². The Morgan fingerprint density at radius 1 is 1.18 bits per heavy atom. The Hall–Kier alpha value is -2.67. The summed E-state index contributed by atoms with van der Waals surface area (Å²) in [7, 11) is 0. The first kappa shape index (κ1) is 20.1. The van der Waals surface area contributed by atoms with Gasteiger partial charge in [-0.1, -0.05) is 30.3 Å². The molecule has 148 valence electrons. The second kappa shape index (κ2) is 7.75. The first-order chi connectivity index (χ1) is 13.2. The molecule has 7 heteroatoms. The summed E-state index contributed by atoms with van der Waals surface area (Å²) in [5.41, 5.74) is 6.75. The van der Waals surface area contributed by atoms with E-state index in [2.05, 4.69) is 5.32 Å². The van der Waals surface area contributed by atoms with E-state index in [0.29, 0.717) is 10.6 Å². The molecule has 28 heavy (non-hydrogen) atoms. The number of ether oxygens (including phenoxy) is 1. The normalized spacial score (nSPS) is 14.2. The molecule has 0 bridgehead atoms. The number of thiophene rings is 1. The molecule has 1 heterocycles. The smallest absolute Gasteiger partial charge is 0.316 e. The minimum atomic E-state index is -1.01. The molecule has 0 spiro atoms. The Labute approximate surface area is 168 Å². The number of esters is 1. The quantitative estimate of drug-likeness (QED) is 0.728. The summed E-state index contributed by atoms with van der Waals surface area (Å²) in [6.07, 6.45) is 1.65. The zero-order valence-corrected chi connectivity index (χ0v) is 17.0. The van der Waals surface area contributed by atoms with Gasteiger partial charge in [0.1, 0.15) is 5.00 Å². The van der Waals surface area contributed by atoms with Gasteiger partial charge in [-0.05, 0) is 51.2 Å². The monoisotopic (exact) mass is 400 g/mol. The molecule has 1 aromatic carbocycles. The maximum Gasteiger partial charge on any atom is 0.316 e. The molecule has 1 atom stereocenters. The molecule has 1 aromatic heterocycles. The number of amides is 2. The van der Waals surface area contributed by atoms with Crippen molar-refractivity contribution in [1.29, 1.82) is 0 Å². The number of primary amides is 1. The fraction of sp³-hybridized carbons (Fsp3) is 0.381. The molecular formula is C21H24N2O4S. The van der Waals surface area contributed by atoms with E-state index in [0.717, 1.165) is 35.3 Å². The lowest BCUT2D eigenvalue weighted by Crippen LogP contribution is -2.37. The van der Waals surface area contributed by atoms with E-state index in [9.17, 15) is 14.4 Å². The summed E-state index contributed by atoms with van der Waals surface area (Å²) in [6.45, 7) is 5.02. The molecule has 0 saturated heterocycles. The number of nitrogens with two attached hydrogens (primary N) is 1. The third-order valence-electron chi connectivity index (χ3n) is 5.06. The van der Waals surface area contributed by atoms with E-state index < -0.39 is 29.3 Å². The third kappa shape index (κ3) is 3.80. The van der Waals surface area contributed by atoms with E-state index >= 15 is 0 Å². The molecule has 0 saturated carbocycles. The third-order valence-corrected chi connectivity index (χ3v) is 6.27. The lowest BCUT2D eigenvalue weighted by molar-refractivity contribution is -0.158. The Balaban J connectivity index is 1.70. The van der Waals surface area contributed by atoms with Crippen molar-refractivity contribution in [3.63, 3.8) is 0 Å². The van der Waals surface area contributed by atoms with Crippen molar-refractivity contribution in [3.05, 3.63) is 51.9 Å². The molecule has 6 nitrogen and oxygen atoms in total. The number of fused-ring (bicyclic) bond motifs is 1. The highest BCUT2D eigenvalue weighted by Crippen LogP contribution is 2.39. The van der Waals surface area contributed by atoms with Crippen LogP contribution in [-0.4, -0.2) is 23.9 Å². The number of anilines is 1. The van der Waals surface area contributed by atoms with Crippen molar-refractivity contribution < 1.29 is 19.1 Å². The number of rotatable bonds is 6. The van der Waals surface area contributed by atoms with Crippen molar-refractivity contribution >= 4 is 34.1 Å². The number of aryl methyl sites for hydroxylation is 1. The van der Waals surface area contributed by atoms with Gasteiger partial charge in [0.15, 0.2) is 6.10 Å². The Morgan fingerprint density at radius 2 is 1.86 bits per heavy atom. The molecule has 2 aromatic rings. The second-order valence-corrected chi connectivity index (χ2v) is 8.56. The van der Waals surface area contributed by atoms with Crippen LogP contribution in [-0.2, 0) is 32.6 Å². The summed E-state index contributed by atoms with van der Waals surface area (Å²) in [6, 6.07) is 9.26. The maximum absolute atomic E-state index is 12.6.